The number of anilines is 1. The van der Waals surface area contributed by atoms with E-state index < -0.39 is 0 Å². The molecule has 2 aliphatic rings. The number of likely N-dealkylation sites (tertiary alicyclic amines) is 1. The zero-order valence-electron chi connectivity index (χ0n) is 16.6. The van der Waals surface area contributed by atoms with Crippen molar-refractivity contribution in [1.29, 1.82) is 0 Å². The van der Waals surface area contributed by atoms with Gasteiger partial charge in [0.25, 0.3) is 5.91 Å². The third kappa shape index (κ3) is 4.07. The second kappa shape index (κ2) is 8.57. The Bertz CT molecular complexity index is 931. The average molecular weight is 391 g/mol. The van der Waals surface area contributed by atoms with Crippen LogP contribution < -0.4 is 4.90 Å². The molecule has 0 aromatic heterocycles. The van der Waals surface area contributed by atoms with Gasteiger partial charge in [-0.05, 0) is 63.2 Å². The maximum absolute atomic E-state index is 13.2. The molecule has 0 aliphatic carbocycles. The number of para-hydroxylation sites is 1. The van der Waals surface area contributed by atoms with Gasteiger partial charge in [0, 0.05) is 5.56 Å². The molecule has 2 heterocycles. The van der Waals surface area contributed by atoms with Gasteiger partial charge in [-0.1, -0.05) is 24.6 Å². The van der Waals surface area contributed by atoms with E-state index in [4.69, 9.17) is 4.74 Å². The van der Waals surface area contributed by atoms with Gasteiger partial charge in [0.2, 0.25) is 0 Å². The van der Waals surface area contributed by atoms with Crippen LogP contribution in [0.25, 0.3) is 0 Å². The Hall–Kier alpha value is -2.99. The van der Waals surface area contributed by atoms with Crippen LogP contribution in [0.15, 0.2) is 53.5 Å². The molecular weight excluding hydrogens is 366 g/mol. The van der Waals surface area contributed by atoms with E-state index in [9.17, 15) is 9.59 Å². The second-order valence-corrected chi connectivity index (χ2v) is 7.30. The molecule has 6 heteroatoms. The summed E-state index contributed by atoms with van der Waals surface area (Å²) in [5.74, 6) is -0.437. The van der Waals surface area contributed by atoms with Crippen LogP contribution in [0.5, 0.6) is 0 Å². The molecule has 0 N–H and O–H groups in total. The van der Waals surface area contributed by atoms with E-state index in [0.29, 0.717) is 30.2 Å². The van der Waals surface area contributed by atoms with Crippen LogP contribution in [0.3, 0.4) is 0 Å². The lowest BCUT2D eigenvalue weighted by atomic mass is 10.1. The number of aliphatic imine (C=N–C) groups is 1. The van der Waals surface area contributed by atoms with Gasteiger partial charge < -0.3 is 4.74 Å². The first kappa shape index (κ1) is 19.3. The van der Waals surface area contributed by atoms with Crippen molar-refractivity contribution in [2.45, 2.75) is 26.2 Å². The van der Waals surface area contributed by atoms with Crippen molar-refractivity contribution in [2.75, 3.05) is 31.3 Å². The van der Waals surface area contributed by atoms with E-state index in [1.807, 2.05) is 29.2 Å². The minimum absolute atomic E-state index is 0.0776. The summed E-state index contributed by atoms with van der Waals surface area (Å²) in [6.45, 7) is 4.75. The predicted molar refractivity (Wildman–Crippen MR) is 113 cm³/mol. The number of ether oxygens (including phenoxy) is 1. The Morgan fingerprint density at radius 1 is 1.03 bits per heavy atom. The quantitative estimate of drug-likeness (QED) is 0.728. The zero-order chi connectivity index (χ0) is 20.2. The SMILES string of the molecule is CCOC(=O)c1ccc(N=C2C(=O)N(CN3CCCCC3)c3ccccc32)cc1. The minimum Gasteiger partial charge on any atom is -0.462 e. The Morgan fingerprint density at radius 3 is 2.48 bits per heavy atom. The molecule has 0 unspecified atom stereocenters. The standard InChI is InChI=1S/C23H25N3O3/c1-2-29-23(28)17-10-12-18(13-11-17)24-21-19-8-4-5-9-20(19)26(22(21)27)16-25-14-6-3-7-15-25/h4-5,8-13H,2-3,6-7,14-16H2,1H3. The number of carbonyl (C=O) groups is 2. The van der Waals surface area contributed by atoms with Gasteiger partial charge in [0.15, 0.2) is 0 Å². The zero-order valence-corrected chi connectivity index (χ0v) is 16.6. The highest BCUT2D eigenvalue weighted by Crippen LogP contribution is 2.31. The summed E-state index contributed by atoms with van der Waals surface area (Å²) in [5.41, 5.74) is 3.31. The van der Waals surface area contributed by atoms with Crippen LogP contribution in [0.2, 0.25) is 0 Å². The number of nitrogens with zero attached hydrogens (tertiary/aromatic N) is 3. The molecule has 0 spiro atoms. The number of amides is 1. The molecule has 6 nitrogen and oxygen atoms in total. The molecule has 2 aromatic carbocycles. The van der Waals surface area contributed by atoms with Gasteiger partial charge in [-0.15, -0.1) is 0 Å². The molecule has 0 radical (unpaired) electrons. The first-order valence-corrected chi connectivity index (χ1v) is 10.2. The van der Waals surface area contributed by atoms with Crippen LogP contribution >= 0.6 is 0 Å². The Morgan fingerprint density at radius 2 is 1.76 bits per heavy atom. The first-order chi connectivity index (χ1) is 14.2. The van der Waals surface area contributed by atoms with Crippen molar-refractivity contribution in [1.82, 2.24) is 4.90 Å². The van der Waals surface area contributed by atoms with Gasteiger partial charge in [-0.25, -0.2) is 9.79 Å². The lowest BCUT2D eigenvalue weighted by Crippen LogP contribution is -2.43. The van der Waals surface area contributed by atoms with Gasteiger partial charge >= 0.3 is 5.97 Å². The van der Waals surface area contributed by atoms with Crippen molar-refractivity contribution in [2.24, 2.45) is 4.99 Å². The van der Waals surface area contributed by atoms with Crippen molar-refractivity contribution in [3.63, 3.8) is 0 Å². The summed E-state index contributed by atoms with van der Waals surface area (Å²) in [7, 11) is 0. The molecule has 4 rings (SSSR count). The van der Waals surface area contributed by atoms with Crippen molar-refractivity contribution in [3.8, 4) is 0 Å². The number of fused-ring (bicyclic) bond motifs is 1. The second-order valence-electron chi connectivity index (χ2n) is 7.30. The fourth-order valence-electron chi connectivity index (χ4n) is 3.83. The van der Waals surface area contributed by atoms with Gasteiger partial charge in [-0.3, -0.25) is 14.6 Å². The lowest BCUT2D eigenvalue weighted by Gasteiger charge is -2.30. The maximum Gasteiger partial charge on any atom is 0.338 e. The molecule has 29 heavy (non-hydrogen) atoms. The number of esters is 1. The Kier molecular flexibility index (Phi) is 5.71. The fraction of sp³-hybridized carbons (Fsp3) is 0.348. The number of rotatable bonds is 5. The number of hydrogen-bond donors (Lipinski definition) is 0. The third-order valence-corrected chi connectivity index (χ3v) is 5.31. The number of piperidine rings is 1. The van der Waals surface area contributed by atoms with Crippen LogP contribution in [0, 0.1) is 0 Å². The molecule has 1 amide bonds. The highest BCUT2D eigenvalue weighted by molar-refractivity contribution is 6.54. The summed E-state index contributed by atoms with van der Waals surface area (Å²) in [4.78, 5) is 33.8. The third-order valence-electron chi connectivity index (χ3n) is 5.31. The summed E-state index contributed by atoms with van der Waals surface area (Å²) in [5, 5.41) is 0. The van der Waals surface area contributed by atoms with E-state index in [1.54, 1.807) is 31.2 Å². The highest BCUT2D eigenvalue weighted by Gasteiger charge is 2.34. The van der Waals surface area contributed by atoms with Crippen LogP contribution in [0.4, 0.5) is 11.4 Å². The van der Waals surface area contributed by atoms with E-state index in [1.165, 1.54) is 19.3 Å². The van der Waals surface area contributed by atoms with Crippen molar-refractivity contribution < 1.29 is 14.3 Å². The average Bonchev–Trinajstić information content (AvgIpc) is 3.01. The summed E-state index contributed by atoms with van der Waals surface area (Å²) < 4.78 is 5.01. The first-order valence-electron chi connectivity index (χ1n) is 10.2. The largest absolute Gasteiger partial charge is 0.462 e. The molecule has 150 valence electrons. The predicted octanol–water partition coefficient (Wildman–Crippen LogP) is 3.77. The van der Waals surface area contributed by atoms with Gasteiger partial charge in [0.1, 0.15) is 5.71 Å². The van der Waals surface area contributed by atoms with E-state index in [-0.39, 0.29) is 11.9 Å². The summed E-state index contributed by atoms with van der Waals surface area (Å²) in [6, 6.07) is 14.6. The van der Waals surface area contributed by atoms with Crippen LogP contribution in [-0.2, 0) is 9.53 Å². The highest BCUT2D eigenvalue weighted by atomic mass is 16.5. The summed E-state index contributed by atoms with van der Waals surface area (Å²) >= 11 is 0. The molecule has 0 atom stereocenters. The summed E-state index contributed by atoms with van der Waals surface area (Å²) in [6.07, 6.45) is 3.62. The maximum atomic E-state index is 13.2. The van der Waals surface area contributed by atoms with Crippen molar-refractivity contribution >= 4 is 29.0 Å². The monoisotopic (exact) mass is 391 g/mol. The van der Waals surface area contributed by atoms with Gasteiger partial charge in [0.05, 0.1) is 30.2 Å². The molecule has 0 bridgehead atoms. The van der Waals surface area contributed by atoms with E-state index in [0.717, 1.165) is 24.3 Å². The Labute approximate surface area is 170 Å². The lowest BCUT2D eigenvalue weighted by molar-refractivity contribution is -0.112. The fourth-order valence-corrected chi connectivity index (χ4v) is 3.83. The van der Waals surface area contributed by atoms with Crippen LogP contribution in [0.1, 0.15) is 42.1 Å². The smallest absolute Gasteiger partial charge is 0.338 e. The van der Waals surface area contributed by atoms with Crippen molar-refractivity contribution in [3.05, 3.63) is 59.7 Å². The number of hydrogen-bond acceptors (Lipinski definition) is 5. The minimum atomic E-state index is -0.360. The Balaban J connectivity index is 1.60. The van der Waals surface area contributed by atoms with Crippen LogP contribution in [-0.4, -0.2) is 48.9 Å². The molecule has 1 fully saturated rings. The number of carbonyl (C=O) groups excluding carboxylic acids is 2. The molecule has 0 saturated carbocycles. The molecular formula is C23H25N3O3. The normalized spacial score (nSPS) is 18.2. The van der Waals surface area contributed by atoms with Gasteiger partial charge in [-0.2, -0.15) is 0 Å². The van der Waals surface area contributed by atoms with E-state index in [2.05, 4.69) is 9.89 Å². The number of benzene rings is 2. The van der Waals surface area contributed by atoms with E-state index >= 15 is 0 Å². The molecule has 2 aliphatic heterocycles. The topological polar surface area (TPSA) is 62.2 Å². The molecule has 2 aromatic rings. The molecule has 1 saturated heterocycles.